The van der Waals surface area contributed by atoms with Gasteiger partial charge in [0.1, 0.15) is 22.8 Å². The molecule has 12 nitrogen and oxygen atoms in total. The Labute approximate surface area is 239 Å². The Kier molecular flexibility index (Phi) is 8.59. The molecule has 0 aliphatic carbocycles. The van der Waals surface area contributed by atoms with Crippen molar-refractivity contribution in [2.24, 2.45) is 0 Å². The van der Waals surface area contributed by atoms with Gasteiger partial charge in [0.15, 0.2) is 11.4 Å². The minimum absolute atomic E-state index is 0.0630. The van der Waals surface area contributed by atoms with E-state index in [2.05, 4.69) is 35.6 Å². The van der Waals surface area contributed by atoms with Crippen LogP contribution in [0.3, 0.4) is 0 Å². The van der Waals surface area contributed by atoms with Crippen LogP contribution in [0, 0.1) is 0 Å². The fraction of sp³-hybridized carbons (Fsp3) is 0.400. The molecule has 0 fully saturated rings. The number of nitrogens with one attached hydrogen (secondary N) is 3. The molecule has 1 aromatic carbocycles. The first-order valence-corrected chi connectivity index (χ1v) is 12.6. The number of ether oxygens (including phenoxy) is 2. The molecular weight excluding hydrogens is 592 g/mol. The molecule has 2 aliphatic heterocycles. The van der Waals surface area contributed by atoms with E-state index in [1.165, 1.54) is 19.2 Å². The van der Waals surface area contributed by atoms with Gasteiger partial charge in [-0.25, -0.2) is 19.0 Å². The Bertz CT molecular complexity index is 1530. The number of methoxy groups -OCH3 is 2. The number of esters is 2. The predicted octanol–water partition coefficient (Wildman–Crippen LogP) is 3.72. The molecule has 43 heavy (non-hydrogen) atoms. The number of anilines is 2. The van der Waals surface area contributed by atoms with E-state index in [4.69, 9.17) is 0 Å². The van der Waals surface area contributed by atoms with E-state index in [1.54, 1.807) is 19.1 Å². The highest BCUT2D eigenvalue weighted by molar-refractivity contribution is 6.01. The zero-order valence-corrected chi connectivity index (χ0v) is 22.8. The lowest BCUT2D eigenvalue weighted by atomic mass is 10.1. The molecule has 4 heterocycles. The van der Waals surface area contributed by atoms with Crippen molar-refractivity contribution in [2.45, 2.75) is 38.4 Å². The first kappa shape index (κ1) is 31.2. The van der Waals surface area contributed by atoms with Gasteiger partial charge in [0.2, 0.25) is 0 Å². The van der Waals surface area contributed by atoms with Crippen molar-refractivity contribution in [3.63, 3.8) is 0 Å². The molecule has 3 N–H and O–H groups in total. The third kappa shape index (κ3) is 6.36. The first-order valence-electron chi connectivity index (χ1n) is 12.6. The average molecular weight is 618 g/mol. The molecule has 0 radical (unpaired) electrons. The fourth-order valence-electron chi connectivity index (χ4n) is 4.45. The molecule has 0 saturated heterocycles. The van der Waals surface area contributed by atoms with E-state index in [1.807, 2.05) is 0 Å². The van der Waals surface area contributed by atoms with E-state index >= 15 is 0 Å². The number of carbonyl (C=O) groups excluding carboxylic acids is 3. The van der Waals surface area contributed by atoms with Crippen LogP contribution < -0.4 is 16.0 Å². The van der Waals surface area contributed by atoms with E-state index < -0.39 is 58.8 Å². The monoisotopic (exact) mass is 617 g/mol. The van der Waals surface area contributed by atoms with Crippen LogP contribution in [-0.2, 0) is 34.9 Å². The maximum atomic E-state index is 13.2. The molecule has 2 aromatic heterocycles. The van der Waals surface area contributed by atoms with Crippen LogP contribution in [0.5, 0.6) is 0 Å². The molecule has 0 bridgehead atoms. The van der Waals surface area contributed by atoms with Crippen LogP contribution in [0.4, 0.5) is 38.0 Å². The minimum atomic E-state index is -4.74. The molecule has 1 amide bonds. The van der Waals surface area contributed by atoms with E-state index in [9.17, 15) is 40.7 Å². The SMILES string of the molecule is COC(=O)c1c(C(F)(F)F)nn2c1NCC2.COC(=O)c1ccc([C@H](C)NC(=O)c2c(C(F)(F)F)nn3c2NCC3)cc1. The first-order chi connectivity index (χ1) is 20.2. The Morgan fingerprint density at radius 3 is 1.74 bits per heavy atom. The van der Waals surface area contributed by atoms with Crippen molar-refractivity contribution in [2.75, 3.05) is 37.9 Å². The number of carbonyl (C=O) groups is 3. The molecule has 0 saturated carbocycles. The number of benzene rings is 1. The van der Waals surface area contributed by atoms with Crippen LogP contribution in [-0.4, -0.2) is 64.7 Å². The van der Waals surface area contributed by atoms with Gasteiger partial charge in [0.25, 0.3) is 5.91 Å². The van der Waals surface area contributed by atoms with Crippen LogP contribution in [0.25, 0.3) is 0 Å². The summed E-state index contributed by atoms with van der Waals surface area (Å²) in [5.74, 6) is -2.28. The number of halogens is 6. The normalized spacial score (nSPS) is 14.3. The van der Waals surface area contributed by atoms with E-state index in [0.717, 1.165) is 16.5 Å². The number of rotatable bonds is 5. The highest BCUT2D eigenvalue weighted by Gasteiger charge is 2.44. The second-order valence-corrected chi connectivity index (χ2v) is 9.24. The quantitative estimate of drug-likeness (QED) is 0.289. The number of hydrogen-bond donors (Lipinski definition) is 3. The third-order valence-corrected chi connectivity index (χ3v) is 6.47. The Hall–Kier alpha value is -4.77. The summed E-state index contributed by atoms with van der Waals surface area (Å²) in [6, 6.07) is 5.65. The van der Waals surface area contributed by atoms with Crippen molar-refractivity contribution in [3.05, 3.63) is 57.9 Å². The van der Waals surface area contributed by atoms with E-state index in [0.29, 0.717) is 30.8 Å². The summed E-state index contributed by atoms with van der Waals surface area (Å²) in [6.07, 6.45) is -9.40. The Morgan fingerprint density at radius 2 is 1.28 bits per heavy atom. The summed E-state index contributed by atoms with van der Waals surface area (Å²) in [4.78, 5) is 35.3. The van der Waals surface area contributed by atoms with Crippen LogP contribution in [0.15, 0.2) is 24.3 Å². The lowest BCUT2D eigenvalue weighted by molar-refractivity contribution is -0.142. The molecule has 18 heteroatoms. The Morgan fingerprint density at radius 1 is 0.814 bits per heavy atom. The number of amides is 1. The summed E-state index contributed by atoms with van der Waals surface area (Å²) >= 11 is 0. The van der Waals surface area contributed by atoms with Gasteiger partial charge in [0, 0.05) is 13.1 Å². The smallest absolute Gasteiger partial charge is 0.436 e. The highest BCUT2D eigenvalue weighted by Crippen LogP contribution is 2.37. The molecule has 0 spiro atoms. The van der Waals surface area contributed by atoms with Gasteiger partial charge >= 0.3 is 24.3 Å². The summed E-state index contributed by atoms with van der Waals surface area (Å²) in [5.41, 5.74) is -2.53. The van der Waals surface area contributed by atoms with Gasteiger partial charge in [-0.15, -0.1) is 0 Å². The summed E-state index contributed by atoms with van der Waals surface area (Å²) in [6.45, 7) is 3.05. The summed E-state index contributed by atoms with van der Waals surface area (Å²) in [7, 11) is 2.29. The van der Waals surface area contributed by atoms with Gasteiger partial charge < -0.3 is 25.4 Å². The standard InChI is InChI=1S/C17H17F3N4O3.C8H8F3N3O2/c1-9(10-3-5-11(6-4-10)16(26)27-2)22-15(25)12-13(17(18,19)20)23-24-8-7-21-14(12)24;1-16-7(15)4-5(8(9,10)11)13-14-3-2-12-6(4)14/h3-6,9,21H,7-8H2,1-2H3,(H,22,25);12H,2-3H2,1H3/t9-;/m0./s1. The number of nitrogens with zero attached hydrogens (tertiary/aromatic N) is 4. The molecule has 232 valence electrons. The number of fused-ring (bicyclic) bond motifs is 2. The lowest BCUT2D eigenvalue weighted by Gasteiger charge is -2.16. The minimum Gasteiger partial charge on any atom is -0.465 e. The van der Waals surface area contributed by atoms with Gasteiger partial charge in [-0.2, -0.15) is 36.5 Å². The van der Waals surface area contributed by atoms with Crippen LogP contribution >= 0.6 is 0 Å². The van der Waals surface area contributed by atoms with Gasteiger partial charge in [-0.1, -0.05) is 12.1 Å². The van der Waals surface area contributed by atoms with Crippen molar-refractivity contribution >= 4 is 29.5 Å². The number of aromatic nitrogens is 4. The molecular formula is C25H25F6N7O5. The Balaban J connectivity index is 0.000000225. The number of hydrogen-bond acceptors (Lipinski definition) is 9. The molecule has 0 unspecified atom stereocenters. The van der Waals surface area contributed by atoms with Crippen molar-refractivity contribution in [1.82, 2.24) is 24.9 Å². The summed E-state index contributed by atoms with van der Waals surface area (Å²) in [5, 5.41) is 14.9. The third-order valence-electron chi connectivity index (χ3n) is 6.47. The predicted molar refractivity (Wildman–Crippen MR) is 136 cm³/mol. The van der Waals surface area contributed by atoms with Crippen LogP contribution in [0.1, 0.15) is 61.0 Å². The molecule has 3 aromatic rings. The zero-order chi connectivity index (χ0) is 31.7. The fourth-order valence-corrected chi connectivity index (χ4v) is 4.45. The summed E-state index contributed by atoms with van der Waals surface area (Å²) < 4.78 is 88.7. The average Bonchev–Trinajstić information content (AvgIpc) is 3.72. The van der Waals surface area contributed by atoms with E-state index in [-0.39, 0.29) is 18.2 Å². The molecule has 2 aliphatic rings. The second kappa shape index (κ2) is 11.8. The molecule has 1 atom stereocenters. The topological polar surface area (TPSA) is 141 Å². The van der Waals surface area contributed by atoms with Gasteiger partial charge in [0.05, 0.1) is 38.9 Å². The maximum Gasteiger partial charge on any atom is 0.436 e. The van der Waals surface area contributed by atoms with Crippen molar-refractivity contribution < 1.29 is 50.2 Å². The zero-order valence-electron chi connectivity index (χ0n) is 22.8. The molecule has 5 rings (SSSR count). The second-order valence-electron chi connectivity index (χ2n) is 9.24. The van der Waals surface area contributed by atoms with Gasteiger partial charge in [-0.05, 0) is 24.6 Å². The maximum absolute atomic E-state index is 13.2. The van der Waals surface area contributed by atoms with Crippen LogP contribution in [0.2, 0.25) is 0 Å². The van der Waals surface area contributed by atoms with Crippen molar-refractivity contribution in [1.29, 1.82) is 0 Å². The largest absolute Gasteiger partial charge is 0.465 e. The lowest BCUT2D eigenvalue weighted by Crippen LogP contribution is -2.29. The van der Waals surface area contributed by atoms with Gasteiger partial charge in [-0.3, -0.25) is 4.79 Å². The highest BCUT2D eigenvalue weighted by atomic mass is 19.4. The number of alkyl halides is 6. The van der Waals surface area contributed by atoms with Crippen molar-refractivity contribution in [3.8, 4) is 0 Å².